The topological polar surface area (TPSA) is 59.6 Å². The monoisotopic (exact) mass is 368 g/mol. The number of nitrogens with one attached hydrogen (secondary N) is 2. The molecule has 0 fully saturated rings. The van der Waals surface area contributed by atoms with Crippen molar-refractivity contribution in [2.24, 2.45) is 0 Å². The van der Waals surface area contributed by atoms with Crippen molar-refractivity contribution in [3.05, 3.63) is 53.6 Å². The fourth-order valence-electron chi connectivity index (χ4n) is 2.09. The average Bonchev–Trinajstić information content (AvgIpc) is 2.59. The molecular formula is C18H19F3N2O3. The van der Waals surface area contributed by atoms with Crippen LogP contribution in [0.15, 0.2) is 42.5 Å². The predicted molar refractivity (Wildman–Crippen MR) is 91.6 cm³/mol. The Balaban J connectivity index is 1.97. The van der Waals surface area contributed by atoms with Crippen LogP contribution in [-0.4, -0.2) is 25.9 Å². The van der Waals surface area contributed by atoms with Gasteiger partial charge in [-0.2, -0.15) is 13.2 Å². The first-order chi connectivity index (χ1) is 12.3. The molecule has 0 aliphatic heterocycles. The summed E-state index contributed by atoms with van der Waals surface area (Å²) in [5.41, 5.74) is 2.32. The van der Waals surface area contributed by atoms with E-state index in [-0.39, 0.29) is 17.2 Å². The summed E-state index contributed by atoms with van der Waals surface area (Å²) in [4.78, 5) is 12.0. The second-order valence-electron chi connectivity index (χ2n) is 5.56. The van der Waals surface area contributed by atoms with Gasteiger partial charge in [-0.1, -0.05) is 29.8 Å². The molecule has 0 saturated carbocycles. The number of benzene rings is 2. The van der Waals surface area contributed by atoms with Gasteiger partial charge in [-0.25, -0.2) is 4.79 Å². The molecule has 2 aromatic carbocycles. The van der Waals surface area contributed by atoms with Gasteiger partial charge in [0.05, 0.1) is 7.11 Å². The minimum absolute atomic E-state index is 0.110. The van der Waals surface area contributed by atoms with Crippen molar-refractivity contribution in [3.63, 3.8) is 0 Å². The van der Waals surface area contributed by atoms with Crippen molar-refractivity contribution in [2.45, 2.75) is 19.6 Å². The second kappa shape index (κ2) is 8.46. The molecule has 0 saturated heterocycles. The third kappa shape index (κ3) is 6.19. The van der Waals surface area contributed by atoms with Crippen LogP contribution in [0.25, 0.3) is 0 Å². The second-order valence-corrected chi connectivity index (χ2v) is 5.56. The minimum Gasteiger partial charge on any atom is -0.493 e. The summed E-state index contributed by atoms with van der Waals surface area (Å²) in [6.45, 7) is 0.832. The number of halogens is 3. The summed E-state index contributed by atoms with van der Waals surface area (Å²) in [6, 6.07) is 11.4. The van der Waals surface area contributed by atoms with E-state index < -0.39 is 18.8 Å². The van der Waals surface area contributed by atoms with Gasteiger partial charge in [-0.15, -0.1) is 0 Å². The number of aryl methyl sites for hydroxylation is 1. The maximum absolute atomic E-state index is 12.3. The number of amides is 2. The van der Waals surface area contributed by atoms with Gasteiger partial charge in [-0.3, -0.25) is 0 Å². The Morgan fingerprint density at radius 3 is 2.38 bits per heavy atom. The van der Waals surface area contributed by atoms with Crippen LogP contribution in [0, 0.1) is 6.92 Å². The molecule has 0 aliphatic rings. The maximum atomic E-state index is 12.3. The van der Waals surface area contributed by atoms with Crippen molar-refractivity contribution in [2.75, 3.05) is 19.0 Å². The summed E-state index contributed by atoms with van der Waals surface area (Å²) in [7, 11) is 1.32. The van der Waals surface area contributed by atoms with Crippen molar-refractivity contribution in [1.29, 1.82) is 0 Å². The summed E-state index contributed by atoms with van der Waals surface area (Å²) < 4.78 is 46.7. The van der Waals surface area contributed by atoms with Crippen LogP contribution in [0.1, 0.15) is 11.1 Å². The number of hydrogen-bond acceptors (Lipinski definition) is 3. The fourth-order valence-corrected chi connectivity index (χ4v) is 2.09. The molecule has 0 bridgehead atoms. The van der Waals surface area contributed by atoms with E-state index in [9.17, 15) is 18.0 Å². The summed E-state index contributed by atoms with van der Waals surface area (Å²) >= 11 is 0. The van der Waals surface area contributed by atoms with E-state index in [1.54, 1.807) is 0 Å². The molecule has 0 spiro atoms. The lowest BCUT2D eigenvalue weighted by Gasteiger charge is -2.14. The number of anilines is 1. The number of carbonyl (C=O) groups excluding carboxylic acids is 1. The van der Waals surface area contributed by atoms with Gasteiger partial charge >= 0.3 is 12.2 Å². The van der Waals surface area contributed by atoms with Crippen LogP contribution >= 0.6 is 0 Å². The molecule has 0 atom stereocenters. The Kier molecular flexibility index (Phi) is 6.32. The van der Waals surface area contributed by atoms with Gasteiger partial charge in [0, 0.05) is 18.3 Å². The first-order valence-corrected chi connectivity index (χ1v) is 7.75. The maximum Gasteiger partial charge on any atom is 0.422 e. The predicted octanol–water partition coefficient (Wildman–Crippen LogP) is 4.27. The van der Waals surface area contributed by atoms with Crippen LogP contribution in [0.2, 0.25) is 0 Å². The van der Waals surface area contributed by atoms with Crippen molar-refractivity contribution in [1.82, 2.24) is 5.32 Å². The Labute approximate surface area is 149 Å². The number of ether oxygens (including phenoxy) is 2. The molecule has 8 heteroatoms. The molecule has 0 heterocycles. The van der Waals surface area contributed by atoms with Gasteiger partial charge < -0.3 is 20.1 Å². The highest BCUT2D eigenvalue weighted by atomic mass is 19.4. The molecule has 0 unspecified atom stereocenters. The average molecular weight is 368 g/mol. The zero-order valence-corrected chi connectivity index (χ0v) is 14.3. The molecule has 2 N–H and O–H groups in total. The molecule has 0 aliphatic carbocycles. The van der Waals surface area contributed by atoms with Crippen molar-refractivity contribution < 1.29 is 27.4 Å². The van der Waals surface area contributed by atoms with E-state index in [2.05, 4.69) is 10.6 Å². The standard InChI is InChI=1S/C18H19F3N2O3/c1-12-3-5-13(6-4-12)10-22-17(24)23-14-7-8-15(25-2)16(9-14)26-11-18(19,20)21/h3-9H,10-11H2,1-2H3,(H2,22,23,24). The van der Waals surface area contributed by atoms with Crippen LogP contribution < -0.4 is 20.1 Å². The molecule has 5 nitrogen and oxygen atoms in total. The highest BCUT2D eigenvalue weighted by Crippen LogP contribution is 2.31. The van der Waals surface area contributed by atoms with Crippen molar-refractivity contribution >= 4 is 11.7 Å². The van der Waals surface area contributed by atoms with Gasteiger partial charge in [0.2, 0.25) is 0 Å². The first-order valence-electron chi connectivity index (χ1n) is 7.75. The normalized spacial score (nSPS) is 11.0. The Hall–Kier alpha value is -2.90. The van der Waals surface area contributed by atoms with E-state index in [0.29, 0.717) is 6.54 Å². The third-order valence-corrected chi connectivity index (χ3v) is 3.39. The Morgan fingerprint density at radius 1 is 1.08 bits per heavy atom. The largest absolute Gasteiger partial charge is 0.493 e. The number of alkyl halides is 3. The summed E-state index contributed by atoms with van der Waals surface area (Å²) in [6.07, 6.45) is -4.47. The number of methoxy groups -OCH3 is 1. The lowest BCUT2D eigenvalue weighted by molar-refractivity contribution is -0.153. The summed E-state index contributed by atoms with van der Waals surface area (Å²) in [5, 5.41) is 5.21. The Morgan fingerprint density at radius 2 is 1.77 bits per heavy atom. The highest BCUT2D eigenvalue weighted by molar-refractivity contribution is 5.89. The smallest absolute Gasteiger partial charge is 0.422 e. The quantitative estimate of drug-likeness (QED) is 0.801. The molecule has 26 heavy (non-hydrogen) atoms. The summed E-state index contributed by atoms with van der Waals surface area (Å²) in [5.74, 6) is 0.0287. The fraction of sp³-hybridized carbons (Fsp3) is 0.278. The van der Waals surface area contributed by atoms with E-state index >= 15 is 0 Å². The SMILES string of the molecule is COc1ccc(NC(=O)NCc2ccc(C)cc2)cc1OCC(F)(F)F. The lowest BCUT2D eigenvalue weighted by Crippen LogP contribution is -2.28. The van der Waals surface area contributed by atoms with E-state index in [1.165, 1.54) is 25.3 Å². The van der Waals surface area contributed by atoms with Gasteiger partial charge in [0.1, 0.15) is 0 Å². The van der Waals surface area contributed by atoms with Crippen LogP contribution in [-0.2, 0) is 6.54 Å². The van der Waals surface area contributed by atoms with Crippen molar-refractivity contribution in [3.8, 4) is 11.5 Å². The lowest BCUT2D eigenvalue weighted by atomic mass is 10.1. The molecule has 0 radical (unpaired) electrons. The molecule has 2 amide bonds. The first kappa shape index (κ1) is 19.4. The van der Waals surface area contributed by atoms with E-state index in [0.717, 1.165) is 11.1 Å². The zero-order chi connectivity index (χ0) is 19.2. The van der Waals surface area contributed by atoms with Crippen LogP contribution in [0.4, 0.5) is 23.7 Å². The van der Waals surface area contributed by atoms with Gasteiger partial charge in [-0.05, 0) is 24.6 Å². The number of urea groups is 1. The van der Waals surface area contributed by atoms with Crippen LogP contribution in [0.3, 0.4) is 0 Å². The van der Waals surface area contributed by atoms with E-state index in [1.807, 2.05) is 31.2 Å². The van der Waals surface area contributed by atoms with Gasteiger partial charge in [0.25, 0.3) is 0 Å². The molecule has 2 rings (SSSR count). The molecule has 140 valence electrons. The number of carbonyl (C=O) groups is 1. The number of rotatable bonds is 6. The molecule has 2 aromatic rings. The number of hydrogen-bond donors (Lipinski definition) is 2. The highest BCUT2D eigenvalue weighted by Gasteiger charge is 2.29. The molecular weight excluding hydrogens is 349 g/mol. The van der Waals surface area contributed by atoms with E-state index in [4.69, 9.17) is 9.47 Å². The third-order valence-electron chi connectivity index (χ3n) is 3.39. The molecule has 0 aromatic heterocycles. The Bertz CT molecular complexity index is 746. The zero-order valence-electron chi connectivity index (χ0n) is 14.3. The minimum atomic E-state index is -4.47. The van der Waals surface area contributed by atoms with Crippen LogP contribution in [0.5, 0.6) is 11.5 Å². The van der Waals surface area contributed by atoms with Gasteiger partial charge in [0.15, 0.2) is 18.1 Å².